The van der Waals surface area contributed by atoms with E-state index in [-0.39, 0.29) is 11.8 Å². The number of halogens is 1. The Morgan fingerprint density at radius 2 is 2.11 bits per heavy atom. The fourth-order valence-corrected chi connectivity index (χ4v) is 5.35. The Bertz CT molecular complexity index is 1050. The number of benzene rings is 1. The molecule has 3 heterocycles. The van der Waals surface area contributed by atoms with Crippen molar-refractivity contribution in [2.24, 2.45) is 11.8 Å². The normalized spacial score (nSPS) is 24.1. The third-order valence-electron chi connectivity index (χ3n) is 5.99. The van der Waals surface area contributed by atoms with Crippen LogP contribution in [-0.4, -0.2) is 38.4 Å². The van der Waals surface area contributed by atoms with E-state index in [4.69, 9.17) is 5.10 Å². The smallest absolute Gasteiger partial charge is 0.306 e. The van der Waals surface area contributed by atoms with Gasteiger partial charge in [0.15, 0.2) is 0 Å². The number of rotatable bonds is 3. The molecule has 7 heteroatoms. The Balaban J connectivity index is 1.45. The summed E-state index contributed by atoms with van der Waals surface area (Å²) in [6.45, 7) is 2.88. The van der Waals surface area contributed by atoms with Crippen molar-refractivity contribution < 1.29 is 9.90 Å². The van der Waals surface area contributed by atoms with Crippen molar-refractivity contribution in [2.45, 2.75) is 25.8 Å². The summed E-state index contributed by atoms with van der Waals surface area (Å²) >= 11 is 2.27. The molecule has 2 bridgehead atoms. The molecule has 2 aromatic heterocycles. The number of aryl methyl sites for hydroxylation is 1. The van der Waals surface area contributed by atoms with Crippen molar-refractivity contribution in [1.82, 2.24) is 14.8 Å². The molecular formula is C20H19IN4O2. The molecule has 0 radical (unpaired) electrons. The van der Waals surface area contributed by atoms with Crippen molar-refractivity contribution in [3.63, 3.8) is 0 Å². The number of nitrogens with zero attached hydrogens (tertiary/aromatic N) is 4. The van der Waals surface area contributed by atoms with Crippen LogP contribution in [0.5, 0.6) is 0 Å². The number of pyridine rings is 1. The molecule has 1 saturated carbocycles. The summed E-state index contributed by atoms with van der Waals surface area (Å²) in [5, 5.41) is 15.2. The third-order valence-corrected chi connectivity index (χ3v) is 6.79. The van der Waals surface area contributed by atoms with Gasteiger partial charge in [-0.2, -0.15) is 5.10 Å². The van der Waals surface area contributed by atoms with E-state index in [1.165, 1.54) is 5.56 Å². The van der Waals surface area contributed by atoms with E-state index in [1.54, 1.807) is 0 Å². The molecule has 0 spiro atoms. The summed E-state index contributed by atoms with van der Waals surface area (Å²) in [5.41, 5.74) is 3.23. The maximum atomic E-state index is 11.3. The largest absolute Gasteiger partial charge is 0.481 e. The second-order valence-electron chi connectivity index (χ2n) is 7.53. The lowest BCUT2D eigenvalue weighted by molar-refractivity contribution is -0.143. The predicted molar refractivity (Wildman–Crippen MR) is 111 cm³/mol. The third kappa shape index (κ3) is 2.62. The summed E-state index contributed by atoms with van der Waals surface area (Å²) in [4.78, 5) is 18.3. The topological polar surface area (TPSA) is 71.2 Å². The molecule has 2 fully saturated rings. The van der Waals surface area contributed by atoms with E-state index in [2.05, 4.69) is 63.7 Å². The summed E-state index contributed by atoms with van der Waals surface area (Å²) in [6, 6.07) is 10.6. The van der Waals surface area contributed by atoms with E-state index < -0.39 is 5.97 Å². The summed E-state index contributed by atoms with van der Waals surface area (Å²) in [5.74, 6) is 0.332. The fourth-order valence-electron chi connectivity index (χ4n) is 4.70. The van der Waals surface area contributed by atoms with Crippen LogP contribution < -0.4 is 4.90 Å². The average Bonchev–Trinajstić information content (AvgIpc) is 3.35. The number of aromatic nitrogens is 3. The highest BCUT2D eigenvalue weighted by atomic mass is 127. The first-order valence-corrected chi connectivity index (χ1v) is 10.2. The summed E-state index contributed by atoms with van der Waals surface area (Å²) in [6.07, 6.45) is 3.55. The zero-order valence-electron chi connectivity index (χ0n) is 14.8. The molecule has 138 valence electrons. The molecule has 0 unspecified atom stereocenters. The Hall–Kier alpha value is -2.16. The van der Waals surface area contributed by atoms with Crippen LogP contribution in [0.25, 0.3) is 16.6 Å². The lowest BCUT2D eigenvalue weighted by Crippen LogP contribution is -2.38. The number of para-hydroxylation sites is 1. The molecule has 6 nitrogen and oxygen atoms in total. The monoisotopic (exact) mass is 474 g/mol. The minimum Gasteiger partial charge on any atom is -0.481 e. The Labute approximate surface area is 170 Å². The molecular weight excluding hydrogens is 455 g/mol. The quantitative estimate of drug-likeness (QED) is 0.588. The Kier molecular flexibility index (Phi) is 3.89. The number of carboxylic acid groups (broad SMARTS) is 1. The maximum Gasteiger partial charge on any atom is 0.306 e. The summed E-state index contributed by atoms with van der Waals surface area (Å²) < 4.78 is 2.94. The van der Waals surface area contributed by atoms with Gasteiger partial charge in [0.25, 0.3) is 0 Å². The second kappa shape index (κ2) is 6.19. The highest BCUT2D eigenvalue weighted by Gasteiger charge is 2.48. The van der Waals surface area contributed by atoms with Crippen LogP contribution in [0.15, 0.2) is 36.5 Å². The van der Waals surface area contributed by atoms with Gasteiger partial charge in [0, 0.05) is 18.0 Å². The molecule has 5 rings (SSSR count). The van der Waals surface area contributed by atoms with Crippen LogP contribution in [0.3, 0.4) is 0 Å². The second-order valence-corrected chi connectivity index (χ2v) is 8.55. The van der Waals surface area contributed by atoms with Crippen LogP contribution in [0, 0.1) is 22.5 Å². The number of hydrogen-bond acceptors (Lipinski definition) is 4. The van der Waals surface area contributed by atoms with Gasteiger partial charge >= 0.3 is 5.97 Å². The molecule has 1 aromatic carbocycles. The number of piperidine rings is 1. The van der Waals surface area contributed by atoms with Crippen molar-refractivity contribution in [3.05, 3.63) is 45.8 Å². The summed E-state index contributed by atoms with van der Waals surface area (Å²) in [7, 11) is 0. The highest BCUT2D eigenvalue weighted by Crippen LogP contribution is 2.43. The molecule has 2 aliphatic rings. The molecule has 1 aliphatic carbocycles. The fraction of sp³-hybridized carbons (Fsp3) is 0.350. The van der Waals surface area contributed by atoms with Crippen LogP contribution in [-0.2, 0) is 4.79 Å². The van der Waals surface area contributed by atoms with Gasteiger partial charge in [-0.3, -0.25) is 4.79 Å². The number of hydrogen-bond donors (Lipinski definition) is 1. The lowest BCUT2D eigenvalue weighted by Gasteiger charge is -2.30. The standard InChI is InChI=1S/C20H19IN4O2/c1-11-3-2-4-15-18(11)25(23-19(15)21)13-5-6-17(22-9-13)24-10-12-7-14(24)8-16(12)20(26)27/h2-6,9,12,14,16H,7-8,10H2,1H3,(H,26,27)/t12-,14-,16+/m0/s1. The molecule has 1 aliphatic heterocycles. The van der Waals surface area contributed by atoms with Crippen LogP contribution >= 0.6 is 22.6 Å². The highest BCUT2D eigenvalue weighted by molar-refractivity contribution is 14.1. The first kappa shape index (κ1) is 17.0. The zero-order chi connectivity index (χ0) is 18.7. The number of carbonyl (C=O) groups is 1. The van der Waals surface area contributed by atoms with Crippen LogP contribution in [0.2, 0.25) is 0 Å². The van der Waals surface area contributed by atoms with Gasteiger partial charge in [-0.15, -0.1) is 0 Å². The van der Waals surface area contributed by atoms with Gasteiger partial charge in [-0.25, -0.2) is 9.67 Å². The minimum absolute atomic E-state index is 0.189. The van der Waals surface area contributed by atoms with Crippen molar-refractivity contribution >= 4 is 45.3 Å². The molecule has 0 amide bonds. The van der Waals surface area contributed by atoms with Gasteiger partial charge in [0.1, 0.15) is 9.52 Å². The maximum absolute atomic E-state index is 11.3. The minimum atomic E-state index is -0.652. The van der Waals surface area contributed by atoms with Crippen molar-refractivity contribution in [3.8, 4) is 5.69 Å². The number of carboxylic acids is 1. The molecule has 3 atom stereocenters. The van der Waals surface area contributed by atoms with Gasteiger partial charge < -0.3 is 10.0 Å². The van der Waals surface area contributed by atoms with Gasteiger partial charge in [0.05, 0.1) is 23.3 Å². The predicted octanol–water partition coefficient (Wildman–Crippen LogP) is 3.63. The molecule has 27 heavy (non-hydrogen) atoms. The van der Waals surface area contributed by atoms with E-state index in [0.717, 1.165) is 45.5 Å². The van der Waals surface area contributed by atoms with Gasteiger partial charge in [0.2, 0.25) is 0 Å². The van der Waals surface area contributed by atoms with E-state index >= 15 is 0 Å². The first-order chi connectivity index (χ1) is 13.0. The van der Waals surface area contributed by atoms with Gasteiger partial charge in [-0.1, -0.05) is 18.2 Å². The zero-order valence-corrected chi connectivity index (χ0v) is 17.0. The first-order valence-electron chi connectivity index (χ1n) is 9.12. The SMILES string of the molecule is Cc1cccc2c(I)nn(-c3ccc(N4C[C@@H]5C[C@H]4C[C@H]5C(=O)O)nc3)c12. The Morgan fingerprint density at radius 3 is 2.78 bits per heavy atom. The van der Waals surface area contributed by atoms with Crippen LogP contribution in [0.1, 0.15) is 18.4 Å². The lowest BCUT2D eigenvalue weighted by atomic mass is 9.95. The Morgan fingerprint density at radius 1 is 1.26 bits per heavy atom. The van der Waals surface area contributed by atoms with E-state index in [0.29, 0.717) is 6.04 Å². The van der Waals surface area contributed by atoms with Crippen LogP contribution in [0.4, 0.5) is 5.82 Å². The molecule has 1 saturated heterocycles. The molecule has 1 N–H and O–H groups in total. The average molecular weight is 474 g/mol. The molecule has 3 aromatic rings. The number of aliphatic carboxylic acids is 1. The number of anilines is 1. The number of fused-ring (bicyclic) bond motifs is 3. The van der Waals surface area contributed by atoms with E-state index in [9.17, 15) is 9.90 Å². The van der Waals surface area contributed by atoms with Crippen molar-refractivity contribution in [1.29, 1.82) is 0 Å². The van der Waals surface area contributed by atoms with E-state index in [1.807, 2.05) is 16.9 Å². The van der Waals surface area contributed by atoms with Gasteiger partial charge in [-0.05, 0) is 66.0 Å². The van der Waals surface area contributed by atoms with Crippen molar-refractivity contribution in [2.75, 3.05) is 11.4 Å².